The van der Waals surface area contributed by atoms with E-state index in [1.807, 2.05) is 17.0 Å². The van der Waals surface area contributed by atoms with E-state index in [9.17, 15) is 4.79 Å². The van der Waals surface area contributed by atoms with Gasteiger partial charge in [-0.25, -0.2) is 9.59 Å². The molecule has 1 aliphatic heterocycles. The molecule has 2 aromatic rings. The van der Waals surface area contributed by atoms with E-state index in [4.69, 9.17) is 29.3 Å². The summed E-state index contributed by atoms with van der Waals surface area (Å²) in [5.41, 5.74) is 1.79. The molecule has 2 N–H and O–H groups in total. The van der Waals surface area contributed by atoms with Gasteiger partial charge in [-0.3, -0.25) is 14.7 Å². The second-order valence-corrected chi connectivity index (χ2v) is 6.57. The maximum Gasteiger partial charge on any atom is 0.414 e. The molecule has 10 heteroatoms. The van der Waals surface area contributed by atoms with Crippen molar-refractivity contribution in [3.8, 4) is 11.5 Å². The fourth-order valence-corrected chi connectivity index (χ4v) is 3.11. The summed E-state index contributed by atoms with van der Waals surface area (Å²) in [4.78, 5) is 38.9. The minimum atomic E-state index is -1.82. The van der Waals surface area contributed by atoms with Crippen molar-refractivity contribution in [3.05, 3.63) is 53.9 Å². The largest absolute Gasteiger partial charge is 0.493 e. The summed E-state index contributed by atoms with van der Waals surface area (Å²) in [6.45, 7) is 3.87. The van der Waals surface area contributed by atoms with E-state index < -0.39 is 11.9 Å². The SMILES string of the molecule is COc1cccc(CN2CCN(C(=O)c3ccncc3)CC2)c1OC.O=C(O)C(=O)O. The summed E-state index contributed by atoms with van der Waals surface area (Å²) in [6.07, 6.45) is 3.30. The molecule has 0 unspecified atom stereocenters. The first-order chi connectivity index (χ1) is 14.9. The number of pyridine rings is 1. The molecule has 0 radical (unpaired) electrons. The quantitative estimate of drug-likeness (QED) is 0.671. The standard InChI is InChI=1S/C19H23N3O3.C2H2O4/c1-24-17-5-3-4-16(18(17)25-2)14-21-10-12-22(13-11-21)19(23)15-6-8-20-9-7-15;3-1(4)2(5)6/h3-9H,10-14H2,1-2H3;(H,3,4)(H,5,6). The van der Waals surface area contributed by atoms with E-state index in [-0.39, 0.29) is 5.91 Å². The van der Waals surface area contributed by atoms with Crippen molar-refractivity contribution in [1.29, 1.82) is 0 Å². The summed E-state index contributed by atoms with van der Waals surface area (Å²) < 4.78 is 10.9. The molecule has 0 aliphatic carbocycles. The molecule has 0 saturated carbocycles. The van der Waals surface area contributed by atoms with Crippen LogP contribution in [0.25, 0.3) is 0 Å². The fourth-order valence-electron chi connectivity index (χ4n) is 3.11. The Labute approximate surface area is 179 Å². The second-order valence-electron chi connectivity index (χ2n) is 6.57. The Morgan fingerprint density at radius 2 is 1.55 bits per heavy atom. The van der Waals surface area contributed by atoms with Crippen LogP contribution in [0.4, 0.5) is 0 Å². The van der Waals surface area contributed by atoms with Gasteiger partial charge >= 0.3 is 11.9 Å². The molecule has 10 nitrogen and oxygen atoms in total. The zero-order chi connectivity index (χ0) is 22.8. The lowest BCUT2D eigenvalue weighted by atomic mass is 10.1. The van der Waals surface area contributed by atoms with Crippen LogP contribution in [-0.2, 0) is 16.1 Å². The summed E-state index contributed by atoms with van der Waals surface area (Å²) in [5, 5.41) is 14.8. The van der Waals surface area contributed by atoms with Crippen LogP contribution in [0.3, 0.4) is 0 Å². The number of carbonyl (C=O) groups excluding carboxylic acids is 1. The van der Waals surface area contributed by atoms with Crippen LogP contribution in [0.1, 0.15) is 15.9 Å². The molecule has 0 atom stereocenters. The fraction of sp³-hybridized carbons (Fsp3) is 0.333. The van der Waals surface area contributed by atoms with Gasteiger partial charge in [0.2, 0.25) is 0 Å². The number of carbonyl (C=O) groups is 3. The van der Waals surface area contributed by atoms with Crippen molar-refractivity contribution < 1.29 is 34.1 Å². The molecule has 0 bridgehead atoms. The lowest BCUT2D eigenvalue weighted by Crippen LogP contribution is -2.48. The number of aromatic nitrogens is 1. The first-order valence-corrected chi connectivity index (χ1v) is 9.45. The lowest BCUT2D eigenvalue weighted by Gasteiger charge is -2.35. The molecule has 1 fully saturated rings. The van der Waals surface area contributed by atoms with E-state index in [1.165, 1.54) is 0 Å². The average molecular weight is 431 g/mol. The van der Waals surface area contributed by atoms with Crippen LogP contribution in [-0.4, -0.2) is 83.2 Å². The Balaban J connectivity index is 0.000000501. The Bertz CT molecular complexity index is 885. The Kier molecular flexibility index (Phi) is 8.77. The number of rotatable bonds is 5. The molecule has 166 valence electrons. The molecule has 1 aromatic carbocycles. The van der Waals surface area contributed by atoms with Gasteiger partial charge in [-0.05, 0) is 18.2 Å². The topological polar surface area (TPSA) is 130 Å². The third-order valence-corrected chi connectivity index (χ3v) is 4.65. The maximum absolute atomic E-state index is 12.5. The Morgan fingerprint density at radius 3 is 2.06 bits per heavy atom. The maximum atomic E-state index is 12.5. The smallest absolute Gasteiger partial charge is 0.414 e. The highest BCUT2D eigenvalue weighted by Crippen LogP contribution is 2.31. The number of carboxylic acid groups (broad SMARTS) is 2. The van der Waals surface area contributed by atoms with Gasteiger partial charge < -0.3 is 24.6 Å². The van der Waals surface area contributed by atoms with Crippen molar-refractivity contribution in [2.75, 3.05) is 40.4 Å². The second kappa shape index (κ2) is 11.5. The summed E-state index contributed by atoms with van der Waals surface area (Å²) in [5.74, 6) is -2.06. The first kappa shape index (κ1) is 23.6. The number of amides is 1. The summed E-state index contributed by atoms with van der Waals surface area (Å²) >= 11 is 0. The molecular formula is C21H25N3O7. The van der Waals surface area contributed by atoms with Crippen LogP contribution in [0.5, 0.6) is 11.5 Å². The van der Waals surface area contributed by atoms with Crippen LogP contribution in [0.15, 0.2) is 42.7 Å². The zero-order valence-electron chi connectivity index (χ0n) is 17.4. The molecule has 1 aliphatic rings. The van der Waals surface area contributed by atoms with Crippen molar-refractivity contribution in [1.82, 2.24) is 14.8 Å². The number of hydrogen-bond donors (Lipinski definition) is 2. The van der Waals surface area contributed by atoms with Gasteiger partial charge in [-0.2, -0.15) is 0 Å². The molecule has 1 aromatic heterocycles. The molecule has 31 heavy (non-hydrogen) atoms. The highest BCUT2D eigenvalue weighted by molar-refractivity contribution is 6.27. The normalized spacial score (nSPS) is 13.5. The predicted molar refractivity (Wildman–Crippen MR) is 110 cm³/mol. The number of benzene rings is 1. The van der Waals surface area contributed by atoms with Gasteiger partial charge in [0.15, 0.2) is 11.5 Å². The highest BCUT2D eigenvalue weighted by atomic mass is 16.5. The monoisotopic (exact) mass is 431 g/mol. The van der Waals surface area contributed by atoms with E-state index in [1.54, 1.807) is 38.7 Å². The Morgan fingerprint density at radius 1 is 0.935 bits per heavy atom. The van der Waals surface area contributed by atoms with Crippen LogP contribution in [0.2, 0.25) is 0 Å². The number of piperazine rings is 1. The van der Waals surface area contributed by atoms with Crippen molar-refractivity contribution in [3.63, 3.8) is 0 Å². The van der Waals surface area contributed by atoms with Gasteiger partial charge in [0.25, 0.3) is 5.91 Å². The third kappa shape index (κ3) is 6.68. The molecular weight excluding hydrogens is 406 g/mol. The van der Waals surface area contributed by atoms with E-state index in [2.05, 4.69) is 16.0 Å². The third-order valence-electron chi connectivity index (χ3n) is 4.65. The molecule has 2 heterocycles. The minimum Gasteiger partial charge on any atom is -0.493 e. The summed E-state index contributed by atoms with van der Waals surface area (Å²) in [6, 6.07) is 9.44. The van der Waals surface area contributed by atoms with Gasteiger partial charge in [0.05, 0.1) is 14.2 Å². The average Bonchev–Trinajstić information content (AvgIpc) is 2.79. The zero-order valence-corrected chi connectivity index (χ0v) is 17.4. The van der Waals surface area contributed by atoms with Gasteiger partial charge in [0, 0.05) is 56.2 Å². The van der Waals surface area contributed by atoms with E-state index in [0.717, 1.165) is 36.7 Å². The number of methoxy groups -OCH3 is 2. The highest BCUT2D eigenvalue weighted by Gasteiger charge is 2.23. The molecule has 1 saturated heterocycles. The Hall–Kier alpha value is -3.66. The van der Waals surface area contributed by atoms with Crippen LogP contribution < -0.4 is 9.47 Å². The number of para-hydroxylation sites is 1. The van der Waals surface area contributed by atoms with E-state index >= 15 is 0 Å². The predicted octanol–water partition coefficient (Wildman–Crippen LogP) is 1.21. The van der Waals surface area contributed by atoms with Gasteiger partial charge in [-0.15, -0.1) is 0 Å². The first-order valence-electron chi connectivity index (χ1n) is 9.45. The number of ether oxygens (including phenoxy) is 2. The van der Waals surface area contributed by atoms with Crippen molar-refractivity contribution in [2.24, 2.45) is 0 Å². The van der Waals surface area contributed by atoms with Crippen LogP contribution in [0, 0.1) is 0 Å². The summed E-state index contributed by atoms with van der Waals surface area (Å²) in [7, 11) is 3.30. The number of nitrogens with zero attached hydrogens (tertiary/aromatic N) is 3. The van der Waals surface area contributed by atoms with Crippen molar-refractivity contribution >= 4 is 17.8 Å². The number of aliphatic carboxylic acids is 2. The van der Waals surface area contributed by atoms with Crippen LogP contribution >= 0.6 is 0 Å². The van der Waals surface area contributed by atoms with E-state index in [0.29, 0.717) is 18.7 Å². The molecule has 0 spiro atoms. The molecule has 1 amide bonds. The molecule has 3 rings (SSSR count). The lowest BCUT2D eigenvalue weighted by molar-refractivity contribution is -0.159. The van der Waals surface area contributed by atoms with Crippen molar-refractivity contribution in [2.45, 2.75) is 6.54 Å². The minimum absolute atomic E-state index is 0.0704. The van der Waals surface area contributed by atoms with Gasteiger partial charge in [-0.1, -0.05) is 12.1 Å². The number of hydrogen-bond acceptors (Lipinski definition) is 7. The van der Waals surface area contributed by atoms with Gasteiger partial charge in [0.1, 0.15) is 0 Å². The number of carboxylic acids is 2.